The first-order valence-corrected chi connectivity index (χ1v) is 9.47. The van der Waals surface area contributed by atoms with Crippen LogP contribution >= 0.6 is 24.0 Å². The summed E-state index contributed by atoms with van der Waals surface area (Å²) in [7, 11) is 0. The van der Waals surface area contributed by atoms with Gasteiger partial charge in [-0.05, 0) is 38.8 Å². The van der Waals surface area contributed by atoms with Crippen LogP contribution in [0.5, 0.6) is 0 Å². The zero-order valence-corrected chi connectivity index (χ0v) is 18.4. The molecule has 0 radical (unpaired) electrons. The van der Waals surface area contributed by atoms with Gasteiger partial charge in [-0.1, -0.05) is 0 Å². The molecule has 1 N–H and O–H groups in total. The third-order valence-electron chi connectivity index (χ3n) is 5.66. The van der Waals surface area contributed by atoms with Crippen molar-refractivity contribution >= 4 is 46.5 Å². The highest BCUT2D eigenvalue weighted by molar-refractivity contribution is 14.0. The number of aromatic nitrogens is 1. The van der Waals surface area contributed by atoms with E-state index in [1.54, 1.807) is 6.07 Å². The van der Waals surface area contributed by atoms with Gasteiger partial charge in [0.25, 0.3) is 0 Å². The fourth-order valence-corrected chi connectivity index (χ4v) is 3.89. The zero-order valence-electron chi connectivity index (χ0n) is 16.0. The summed E-state index contributed by atoms with van der Waals surface area (Å²) in [6, 6.07) is 3.58. The van der Waals surface area contributed by atoms with Gasteiger partial charge >= 0.3 is 5.97 Å². The van der Waals surface area contributed by atoms with Crippen LogP contribution in [-0.2, 0) is 0 Å². The molecule has 6 nitrogen and oxygen atoms in total. The highest BCUT2D eigenvalue weighted by Crippen LogP contribution is 2.38. The lowest BCUT2D eigenvalue weighted by Crippen LogP contribution is -2.49. The second kappa shape index (κ2) is 7.98. The lowest BCUT2D eigenvalue weighted by Gasteiger charge is -2.38. The number of hydrogen-bond donors (Lipinski definition) is 1. The van der Waals surface area contributed by atoms with Gasteiger partial charge in [0.15, 0.2) is 0 Å². The minimum Gasteiger partial charge on any atom is -0.477 e. The molecule has 0 unspecified atom stereocenters. The minimum absolute atomic E-state index is 0. The summed E-state index contributed by atoms with van der Waals surface area (Å²) in [5.41, 5.74) is 0.189. The van der Waals surface area contributed by atoms with Gasteiger partial charge in [0.1, 0.15) is 11.4 Å². The lowest BCUT2D eigenvalue weighted by atomic mass is 10.1. The number of halogens is 2. The molecule has 1 saturated heterocycles. The van der Waals surface area contributed by atoms with Gasteiger partial charge in [0, 0.05) is 49.8 Å². The molecule has 2 aliphatic rings. The SMILES string of the molecule is CC(C)N1CCN(c2cc3c(cc2F)c(=O)c(C(=O)O)cn3C2CC2)CC1.I. The first-order valence-electron chi connectivity index (χ1n) is 9.47. The predicted molar refractivity (Wildman–Crippen MR) is 118 cm³/mol. The van der Waals surface area contributed by atoms with E-state index in [2.05, 4.69) is 18.7 Å². The van der Waals surface area contributed by atoms with Crippen LogP contribution in [0.25, 0.3) is 10.9 Å². The molecule has 0 atom stereocenters. The smallest absolute Gasteiger partial charge is 0.341 e. The quantitative estimate of drug-likeness (QED) is 0.652. The average Bonchev–Trinajstić information content (AvgIpc) is 3.47. The van der Waals surface area contributed by atoms with Crippen molar-refractivity contribution in [3.8, 4) is 0 Å². The monoisotopic (exact) mass is 501 g/mol. The summed E-state index contributed by atoms with van der Waals surface area (Å²) in [6.45, 7) is 7.48. The van der Waals surface area contributed by atoms with E-state index in [1.165, 1.54) is 12.3 Å². The summed E-state index contributed by atoms with van der Waals surface area (Å²) in [4.78, 5) is 28.3. The van der Waals surface area contributed by atoms with Gasteiger partial charge < -0.3 is 14.6 Å². The highest BCUT2D eigenvalue weighted by atomic mass is 127. The summed E-state index contributed by atoms with van der Waals surface area (Å²) in [6.07, 6.45) is 3.30. The van der Waals surface area contributed by atoms with Crippen molar-refractivity contribution in [2.24, 2.45) is 0 Å². The minimum atomic E-state index is -1.27. The number of carboxylic acid groups (broad SMARTS) is 1. The number of anilines is 1. The Kier molecular flexibility index (Phi) is 6.00. The molecule has 2 aromatic rings. The number of piperazine rings is 1. The van der Waals surface area contributed by atoms with E-state index in [0.717, 1.165) is 39.0 Å². The summed E-state index contributed by atoms with van der Waals surface area (Å²) < 4.78 is 16.7. The first kappa shape index (κ1) is 21.0. The molecule has 2 fully saturated rings. The topological polar surface area (TPSA) is 65.8 Å². The summed E-state index contributed by atoms with van der Waals surface area (Å²) in [5, 5.41) is 9.47. The number of rotatable bonds is 4. The van der Waals surface area contributed by atoms with Crippen LogP contribution in [0.15, 0.2) is 23.1 Å². The van der Waals surface area contributed by atoms with E-state index >= 15 is 0 Å². The maximum atomic E-state index is 14.9. The van der Waals surface area contributed by atoms with Crippen LogP contribution in [0.4, 0.5) is 10.1 Å². The second-order valence-electron chi connectivity index (χ2n) is 7.75. The fraction of sp³-hybridized carbons (Fsp3) is 0.500. The van der Waals surface area contributed by atoms with Gasteiger partial charge in [-0.2, -0.15) is 0 Å². The number of benzene rings is 1. The van der Waals surface area contributed by atoms with E-state index < -0.39 is 17.2 Å². The van der Waals surface area contributed by atoms with Crippen LogP contribution in [0.2, 0.25) is 0 Å². The normalized spacial score (nSPS) is 17.8. The Balaban J connectivity index is 0.00000225. The molecule has 1 aromatic heterocycles. The van der Waals surface area contributed by atoms with Gasteiger partial charge in [-0.15, -0.1) is 24.0 Å². The Hall–Kier alpha value is -1.68. The summed E-state index contributed by atoms with van der Waals surface area (Å²) >= 11 is 0. The lowest BCUT2D eigenvalue weighted by molar-refractivity contribution is 0.0695. The van der Waals surface area contributed by atoms with Crippen molar-refractivity contribution in [2.45, 2.75) is 38.8 Å². The molecular weight excluding hydrogens is 476 g/mol. The first-order chi connectivity index (χ1) is 12.9. The molecule has 1 aromatic carbocycles. The van der Waals surface area contributed by atoms with E-state index in [0.29, 0.717) is 17.2 Å². The number of pyridine rings is 1. The van der Waals surface area contributed by atoms with Crippen molar-refractivity contribution in [3.05, 3.63) is 39.9 Å². The fourth-order valence-electron chi connectivity index (χ4n) is 3.89. The van der Waals surface area contributed by atoms with Gasteiger partial charge in [0.05, 0.1) is 11.2 Å². The van der Waals surface area contributed by atoms with Crippen LogP contribution in [0.3, 0.4) is 0 Å². The molecule has 8 heteroatoms. The number of nitrogens with zero attached hydrogens (tertiary/aromatic N) is 3. The van der Waals surface area contributed by atoms with Crippen molar-refractivity contribution < 1.29 is 14.3 Å². The average molecular weight is 501 g/mol. The van der Waals surface area contributed by atoms with Crippen LogP contribution in [0.1, 0.15) is 43.1 Å². The molecule has 0 spiro atoms. The number of hydrogen-bond acceptors (Lipinski definition) is 4. The number of carboxylic acids is 1. The molecule has 1 aliphatic heterocycles. The van der Waals surface area contributed by atoms with Gasteiger partial charge in [0.2, 0.25) is 5.43 Å². The van der Waals surface area contributed by atoms with Crippen LogP contribution in [0, 0.1) is 5.82 Å². The van der Waals surface area contributed by atoms with E-state index in [-0.39, 0.29) is 41.0 Å². The summed E-state index contributed by atoms with van der Waals surface area (Å²) in [5.74, 6) is -1.74. The van der Waals surface area contributed by atoms with Crippen molar-refractivity contribution in [1.29, 1.82) is 0 Å². The molecule has 1 saturated carbocycles. The molecule has 28 heavy (non-hydrogen) atoms. The number of aromatic carboxylic acids is 1. The Bertz CT molecular complexity index is 963. The second-order valence-corrected chi connectivity index (χ2v) is 7.75. The van der Waals surface area contributed by atoms with Crippen LogP contribution < -0.4 is 10.3 Å². The molecule has 2 heterocycles. The Morgan fingerprint density at radius 2 is 1.82 bits per heavy atom. The Morgan fingerprint density at radius 3 is 2.36 bits per heavy atom. The van der Waals surface area contributed by atoms with Crippen molar-refractivity contribution in [1.82, 2.24) is 9.47 Å². The number of fused-ring (bicyclic) bond motifs is 1. The van der Waals surface area contributed by atoms with Crippen molar-refractivity contribution in [3.63, 3.8) is 0 Å². The number of carbonyl (C=O) groups is 1. The van der Waals surface area contributed by atoms with Gasteiger partial charge in [-0.25, -0.2) is 9.18 Å². The zero-order chi connectivity index (χ0) is 19.3. The Labute approximate surface area is 179 Å². The standard InChI is InChI=1S/C20H24FN3O3.HI/c1-12(2)22-5-7-23(8-6-22)18-10-17-14(9-16(18)21)19(25)15(20(26)27)11-24(17)13-3-4-13;/h9-13H,3-8H2,1-2H3,(H,26,27);1H. The molecule has 4 rings (SSSR count). The Morgan fingerprint density at radius 1 is 1.18 bits per heavy atom. The maximum absolute atomic E-state index is 14.9. The maximum Gasteiger partial charge on any atom is 0.341 e. The van der Waals surface area contributed by atoms with Gasteiger partial charge in [-0.3, -0.25) is 9.69 Å². The van der Waals surface area contributed by atoms with E-state index in [4.69, 9.17) is 0 Å². The van der Waals surface area contributed by atoms with Crippen molar-refractivity contribution in [2.75, 3.05) is 31.1 Å². The predicted octanol–water partition coefficient (Wildman–Crippen LogP) is 3.32. The molecular formula is C20H25FIN3O3. The van der Waals surface area contributed by atoms with E-state index in [9.17, 15) is 19.1 Å². The van der Waals surface area contributed by atoms with E-state index in [1.807, 2.05) is 9.47 Å². The highest BCUT2D eigenvalue weighted by Gasteiger charge is 2.28. The molecule has 1 aliphatic carbocycles. The molecule has 152 valence electrons. The molecule has 0 bridgehead atoms. The van der Waals surface area contributed by atoms with Crippen LogP contribution in [-0.4, -0.2) is 52.8 Å². The third kappa shape index (κ3) is 3.76. The third-order valence-corrected chi connectivity index (χ3v) is 5.66. The molecule has 0 amide bonds. The largest absolute Gasteiger partial charge is 0.477 e.